The van der Waals surface area contributed by atoms with Gasteiger partial charge in [0.15, 0.2) is 0 Å². The Hall–Kier alpha value is -0.910. The molecule has 1 saturated heterocycles. The Kier molecular flexibility index (Phi) is 3.92. The van der Waals surface area contributed by atoms with Gasteiger partial charge in [0, 0.05) is 18.3 Å². The Bertz CT molecular complexity index is 416. The van der Waals surface area contributed by atoms with E-state index in [1.165, 1.54) is 0 Å². The monoisotopic (exact) mass is 290 g/mol. The molecule has 0 bridgehead atoms. The van der Waals surface area contributed by atoms with Crippen LogP contribution in [0, 0.1) is 11.8 Å². The summed E-state index contributed by atoms with van der Waals surface area (Å²) in [5.41, 5.74) is 0. The summed E-state index contributed by atoms with van der Waals surface area (Å²) in [5, 5.41) is 14.1. The number of rotatable bonds is 9. The second kappa shape index (κ2) is 6.70. The van der Waals surface area contributed by atoms with Gasteiger partial charge in [-0.25, -0.2) is 0 Å². The van der Waals surface area contributed by atoms with E-state index in [9.17, 15) is 4.79 Å². The first kappa shape index (κ1) is 11.7. The summed E-state index contributed by atoms with van der Waals surface area (Å²) in [5.74, 6) is -0.259. The molecule has 0 amide bonds. The molecule has 2 aliphatic rings. The van der Waals surface area contributed by atoms with Gasteiger partial charge in [0.05, 0.1) is 24.7 Å². The van der Waals surface area contributed by atoms with E-state index in [-0.39, 0.29) is 36.1 Å². The molecule has 0 spiro atoms. The zero-order valence-electron chi connectivity index (χ0n) is 14.7. The number of hydrogen-bond acceptors (Lipinski definition) is 5. The topological polar surface area (TPSA) is 87.0 Å². The molecule has 4 unspecified atom stereocenters. The van der Waals surface area contributed by atoms with Crippen molar-refractivity contribution in [1.29, 1.82) is 4.29 Å². The molecule has 0 radical (unpaired) electrons. The maximum absolute atomic E-state index is 11.4. The molecule has 6 atom stereocenters. The van der Waals surface area contributed by atoms with Gasteiger partial charge in [-0.2, -0.15) is 0 Å². The Morgan fingerprint density at radius 2 is 2.40 bits per heavy atom. The highest BCUT2D eigenvalue weighted by molar-refractivity contribution is 5.72. The number of aliphatic hydroxyl groups excluding tert-OH is 3. The standard InChI is InChI=1S/C15H24O5/c1-2-9(16)3-4-10(17)5-6-11-12-7-15(19)20-14(12)8-13(11)18/h5-6,9-14,16-18H,2-4,7-8H2,1H3/t9?,10?,11?,12?,13-,14-/m0/s1/i16T,17T,18T. The van der Waals surface area contributed by atoms with Crippen molar-refractivity contribution in [2.75, 3.05) is 0 Å². The van der Waals surface area contributed by atoms with Gasteiger partial charge in [0.25, 0.3) is 0 Å². The van der Waals surface area contributed by atoms with Crippen LogP contribution in [0.5, 0.6) is 0 Å². The number of carbonyl (C=O) groups is 1. The van der Waals surface area contributed by atoms with Crippen LogP contribution in [0.4, 0.5) is 0 Å². The molecule has 1 aliphatic heterocycles. The first-order chi connectivity index (χ1) is 11.1. The number of fused-ring (bicyclic) bond motifs is 1. The molecular weight excluding hydrogens is 260 g/mol. The van der Waals surface area contributed by atoms with Crippen LogP contribution in [-0.2, 0) is 9.53 Å². The smallest absolute Gasteiger partial charge is 0.306 e. The summed E-state index contributed by atoms with van der Waals surface area (Å²) in [6.07, 6.45) is 5.42. The minimum absolute atomic E-state index is 0.0282. The lowest BCUT2D eigenvalue weighted by molar-refractivity contribution is -0.141. The summed E-state index contributed by atoms with van der Waals surface area (Å²) in [4.78, 5) is 11.4. The fourth-order valence-corrected chi connectivity index (χ4v) is 3.07. The Labute approximate surface area is 123 Å². The van der Waals surface area contributed by atoms with Crippen LogP contribution < -0.4 is 0 Å². The lowest BCUT2D eigenvalue weighted by Gasteiger charge is -2.16. The van der Waals surface area contributed by atoms with Crippen LogP contribution >= 0.6 is 0 Å². The number of hydrogen-bond donors (Lipinski definition) is 3. The van der Waals surface area contributed by atoms with Crippen molar-refractivity contribution in [3.63, 3.8) is 0 Å². The van der Waals surface area contributed by atoms with Crippen LogP contribution in [0.25, 0.3) is 0 Å². The van der Waals surface area contributed by atoms with E-state index in [4.69, 9.17) is 19.2 Å². The van der Waals surface area contributed by atoms with Gasteiger partial charge in [0.1, 0.15) is 6.10 Å². The number of carbonyl (C=O) groups excluding carboxylic acids is 1. The summed E-state index contributed by atoms with van der Waals surface area (Å²) in [6.45, 7) is 1.94. The second-order valence-electron chi connectivity index (χ2n) is 5.78. The minimum atomic E-state index is -0.414. The van der Waals surface area contributed by atoms with Gasteiger partial charge in [-0.1, -0.05) is 19.1 Å². The van der Waals surface area contributed by atoms with Crippen molar-refractivity contribution >= 4 is 5.97 Å². The molecule has 2 fully saturated rings. The second-order valence-corrected chi connectivity index (χ2v) is 5.78. The van der Waals surface area contributed by atoms with Gasteiger partial charge >= 0.3 is 5.97 Å². The van der Waals surface area contributed by atoms with Gasteiger partial charge in [-0.15, -0.1) is 0 Å². The summed E-state index contributed by atoms with van der Waals surface area (Å²) < 4.78 is 26.6. The maximum Gasteiger partial charge on any atom is 0.306 e. The van der Waals surface area contributed by atoms with Crippen LogP contribution in [0.15, 0.2) is 12.2 Å². The van der Waals surface area contributed by atoms with E-state index in [2.05, 4.69) is 5.11 Å². The molecule has 0 aromatic heterocycles. The van der Waals surface area contributed by atoms with E-state index in [1.807, 2.05) is 13.0 Å². The first-order valence-electron chi connectivity index (χ1n) is 8.59. The zero-order valence-corrected chi connectivity index (χ0v) is 11.7. The van der Waals surface area contributed by atoms with Crippen molar-refractivity contribution in [2.24, 2.45) is 11.8 Å². The van der Waals surface area contributed by atoms with E-state index in [1.54, 1.807) is 6.08 Å². The molecule has 2 rings (SSSR count). The lowest BCUT2D eigenvalue weighted by Crippen LogP contribution is -2.18. The summed E-state index contributed by atoms with van der Waals surface area (Å²) in [6, 6.07) is 0. The van der Waals surface area contributed by atoms with Crippen molar-refractivity contribution in [3.05, 3.63) is 12.2 Å². The SMILES string of the molecule is [3H]OC(C=CC1C2CC(=O)O[C@H]2C[C@@H]1O[3H])CCC(CC)O[3H]. The molecule has 3 N–H and O–H groups in total. The predicted octanol–water partition coefficient (Wildman–Crippen LogP) is 0.767. The van der Waals surface area contributed by atoms with E-state index >= 15 is 0 Å². The highest BCUT2D eigenvalue weighted by Gasteiger charge is 2.48. The fraction of sp³-hybridized carbons (Fsp3) is 0.800. The third-order valence-corrected chi connectivity index (χ3v) is 4.33. The first-order valence-corrected chi connectivity index (χ1v) is 7.36. The van der Waals surface area contributed by atoms with Crippen LogP contribution in [-0.4, -0.2) is 50.0 Å². The lowest BCUT2D eigenvalue weighted by atomic mass is 9.91. The Morgan fingerprint density at radius 3 is 3.10 bits per heavy atom. The molecule has 114 valence electrons. The maximum atomic E-state index is 11.4. The third-order valence-electron chi connectivity index (χ3n) is 4.33. The van der Waals surface area contributed by atoms with Crippen molar-refractivity contribution < 1.29 is 24.9 Å². The van der Waals surface area contributed by atoms with E-state index < -0.39 is 6.10 Å². The van der Waals surface area contributed by atoms with E-state index in [0.29, 0.717) is 25.7 Å². The Balaban J connectivity index is 1.93. The summed E-state index contributed by atoms with van der Waals surface area (Å²) >= 11 is 0. The number of ether oxygens (including phenoxy) is 1. The molecule has 1 heterocycles. The predicted molar refractivity (Wildman–Crippen MR) is 72.8 cm³/mol. The quantitative estimate of drug-likeness (QED) is 0.431. The van der Waals surface area contributed by atoms with Crippen molar-refractivity contribution in [1.82, 2.24) is 0 Å². The van der Waals surface area contributed by atoms with Crippen molar-refractivity contribution in [2.45, 2.75) is 63.4 Å². The third kappa shape index (κ3) is 3.59. The molecular formula is C15H24O5. The van der Waals surface area contributed by atoms with Gasteiger partial charge < -0.3 is 20.1 Å². The molecule has 0 aromatic rings. The normalized spacial score (nSPS) is 38.0. The molecule has 20 heavy (non-hydrogen) atoms. The van der Waals surface area contributed by atoms with Crippen LogP contribution in [0.3, 0.4) is 0 Å². The molecule has 0 aromatic carbocycles. The molecule has 1 saturated carbocycles. The minimum Gasteiger partial charge on any atom is -0.462 e. The highest BCUT2D eigenvalue weighted by Crippen LogP contribution is 2.42. The molecule has 5 nitrogen and oxygen atoms in total. The average molecular weight is 290 g/mol. The number of aliphatic hydroxyl groups is 3. The largest absolute Gasteiger partial charge is 0.462 e. The zero-order chi connectivity index (χ0) is 16.8. The van der Waals surface area contributed by atoms with Gasteiger partial charge in [0.2, 0.25) is 4.29 Å². The van der Waals surface area contributed by atoms with E-state index in [0.717, 1.165) is 6.42 Å². The molecule has 1 aliphatic carbocycles. The van der Waals surface area contributed by atoms with Gasteiger partial charge in [-0.05, 0) is 19.3 Å². The fourth-order valence-electron chi connectivity index (χ4n) is 3.07. The molecule has 5 heteroatoms. The average Bonchev–Trinajstić information content (AvgIpc) is 3.07. The van der Waals surface area contributed by atoms with Crippen LogP contribution in [0.1, 0.15) is 39.0 Å². The number of esters is 1. The Morgan fingerprint density at radius 1 is 1.50 bits per heavy atom. The van der Waals surface area contributed by atoms with Gasteiger partial charge in [-0.3, -0.25) is 4.79 Å². The van der Waals surface area contributed by atoms with Crippen molar-refractivity contribution in [3.8, 4) is 0 Å². The summed E-state index contributed by atoms with van der Waals surface area (Å²) in [7, 11) is 0. The van der Waals surface area contributed by atoms with Crippen LogP contribution in [0.2, 0.25) is 0 Å². The highest BCUT2D eigenvalue weighted by atomic mass is 16.6.